The summed E-state index contributed by atoms with van der Waals surface area (Å²) in [5.41, 5.74) is 5.33. The number of ether oxygens (including phenoxy) is 3. The van der Waals surface area contributed by atoms with Crippen LogP contribution in [0.4, 0.5) is 0 Å². The second-order valence-electron chi connectivity index (χ2n) is 15.2. The monoisotopic (exact) mass is 900 g/mol. The Bertz CT molecular complexity index is 1540. The van der Waals surface area contributed by atoms with Gasteiger partial charge < -0.3 is 29.9 Å². The van der Waals surface area contributed by atoms with Crippen LogP contribution >= 0.6 is 7.82 Å². The summed E-state index contributed by atoms with van der Waals surface area (Å²) in [6.07, 6.45) is 54.9. The summed E-state index contributed by atoms with van der Waals surface area (Å²) in [6, 6.07) is -1.55. The number of phosphoric acid groups is 1. The van der Waals surface area contributed by atoms with Crippen LogP contribution in [0.5, 0.6) is 0 Å². The van der Waals surface area contributed by atoms with Gasteiger partial charge in [-0.1, -0.05) is 142 Å². The molecule has 0 aromatic carbocycles. The van der Waals surface area contributed by atoms with Crippen LogP contribution in [0.2, 0.25) is 0 Å². The van der Waals surface area contributed by atoms with E-state index in [4.69, 9.17) is 29.6 Å². The van der Waals surface area contributed by atoms with Crippen molar-refractivity contribution in [3.05, 3.63) is 109 Å². The predicted octanol–water partition coefficient (Wildman–Crippen LogP) is 11.6. The molecule has 0 aliphatic carbocycles. The van der Waals surface area contributed by atoms with Crippen LogP contribution in [0.15, 0.2) is 109 Å². The molecule has 1 aliphatic rings. The minimum absolute atomic E-state index is 0.0789. The Morgan fingerprint density at radius 2 is 1.06 bits per heavy atom. The van der Waals surface area contributed by atoms with Gasteiger partial charge >= 0.3 is 25.7 Å². The minimum Gasteiger partial charge on any atom is -0.480 e. The molecular weight excluding hydrogens is 822 g/mol. The van der Waals surface area contributed by atoms with Gasteiger partial charge in [-0.05, 0) is 96.3 Å². The fourth-order valence-corrected chi connectivity index (χ4v) is 6.48. The molecular formula is C50H78NO11P. The number of unbranched alkanes of at least 4 members (excludes halogenated alkanes) is 6. The first-order valence-corrected chi connectivity index (χ1v) is 24.5. The van der Waals surface area contributed by atoms with Crippen LogP contribution in [-0.4, -0.2) is 72.1 Å². The molecule has 0 spiro atoms. The van der Waals surface area contributed by atoms with Crippen LogP contribution in [0, 0.1) is 0 Å². The SMILES string of the molecule is CC/C=C\CC1OC1C/C=C\C/C=C\C/C=C\C/C=C\CCC(=O)OC[C@H](COP(=O)(O)OC[C@H](N)C(=O)O)OC(=O)CCCCC/C=C\C/C=C\C/C=C\C/C=C\CCCCC. The van der Waals surface area contributed by atoms with Gasteiger partial charge in [-0.25, -0.2) is 4.57 Å². The first kappa shape index (κ1) is 57.1. The summed E-state index contributed by atoms with van der Waals surface area (Å²) in [5, 5.41) is 8.90. The van der Waals surface area contributed by atoms with E-state index in [-0.39, 0.29) is 12.8 Å². The largest absolute Gasteiger partial charge is 0.480 e. The molecule has 3 unspecified atom stereocenters. The zero-order valence-electron chi connectivity index (χ0n) is 38.1. The van der Waals surface area contributed by atoms with Crippen molar-refractivity contribution >= 4 is 25.7 Å². The Morgan fingerprint density at radius 1 is 0.587 bits per heavy atom. The maximum atomic E-state index is 12.6. The first-order valence-electron chi connectivity index (χ1n) is 23.0. The van der Waals surface area contributed by atoms with Crippen molar-refractivity contribution in [2.45, 2.75) is 167 Å². The van der Waals surface area contributed by atoms with E-state index in [9.17, 15) is 23.8 Å². The lowest BCUT2D eigenvalue weighted by Gasteiger charge is -2.20. The molecule has 0 amide bonds. The summed E-state index contributed by atoms with van der Waals surface area (Å²) in [4.78, 5) is 46.0. The van der Waals surface area contributed by atoms with Crippen LogP contribution in [-0.2, 0) is 42.2 Å². The number of aliphatic carboxylic acids is 1. The summed E-state index contributed by atoms with van der Waals surface area (Å²) in [7, 11) is -4.76. The highest BCUT2D eigenvalue weighted by Crippen LogP contribution is 2.43. The van der Waals surface area contributed by atoms with Gasteiger partial charge in [0.25, 0.3) is 0 Å². The molecule has 1 heterocycles. The lowest BCUT2D eigenvalue weighted by Crippen LogP contribution is -2.34. The van der Waals surface area contributed by atoms with E-state index in [2.05, 4.69) is 116 Å². The number of carbonyl (C=O) groups excluding carboxylic acids is 2. The second-order valence-corrected chi connectivity index (χ2v) is 16.6. The Balaban J connectivity index is 2.35. The first-order chi connectivity index (χ1) is 30.6. The normalized spacial score (nSPS) is 17.8. The van der Waals surface area contributed by atoms with E-state index >= 15 is 0 Å². The maximum absolute atomic E-state index is 12.6. The van der Waals surface area contributed by atoms with Gasteiger partial charge in [0.1, 0.15) is 12.6 Å². The van der Waals surface area contributed by atoms with Crippen molar-refractivity contribution < 1.29 is 52.2 Å². The van der Waals surface area contributed by atoms with Crippen molar-refractivity contribution in [3.63, 3.8) is 0 Å². The van der Waals surface area contributed by atoms with Crippen molar-refractivity contribution in [2.75, 3.05) is 19.8 Å². The van der Waals surface area contributed by atoms with Crippen LogP contribution in [0.3, 0.4) is 0 Å². The molecule has 63 heavy (non-hydrogen) atoms. The molecule has 1 rings (SSSR count). The fraction of sp³-hybridized carbons (Fsp3) is 0.580. The van der Waals surface area contributed by atoms with Crippen LogP contribution in [0.25, 0.3) is 0 Å². The molecule has 1 aliphatic heterocycles. The molecule has 1 saturated heterocycles. The number of hydrogen-bond acceptors (Lipinski definition) is 10. The van der Waals surface area contributed by atoms with Gasteiger partial charge in [0, 0.05) is 12.8 Å². The predicted molar refractivity (Wildman–Crippen MR) is 253 cm³/mol. The average Bonchev–Trinajstić information content (AvgIpc) is 4.02. The lowest BCUT2D eigenvalue weighted by atomic mass is 10.1. The number of rotatable bonds is 40. The highest BCUT2D eigenvalue weighted by atomic mass is 31.2. The third-order valence-corrected chi connectivity index (χ3v) is 10.4. The Morgan fingerprint density at radius 3 is 1.59 bits per heavy atom. The number of hydrogen-bond donors (Lipinski definition) is 3. The summed E-state index contributed by atoms with van der Waals surface area (Å²) >= 11 is 0. The van der Waals surface area contributed by atoms with Crippen LogP contribution in [0.1, 0.15) is 142 Å². The Kier molecular flexibility index (Phi) is 36.0. The van der Waals surface area contributed by atoms with Gasteiger partial charge in [-0.15, -0.1) is 0 Å². The number of esters is 2. The minimum atomic E-state index is -4.76. The van der Waals surface area contributed by atoms with Gasteiger partial charge in [-0.3, -0.25) is 23.4 Å². The van der Waals surface area contributed by atoms with Crippen molar-refractivity contribution in [2.24, 2.45) is 5.73 Å². The third-order valence-electron chi connectivity index (χ3n) is 9.42. The van der Waals surface area contributed by atoms with Crippen molar-refractivity contribution in [1.82, 2.24) is 0 Å². The number of carbonyl (C=O) groups is 3. The molecule has 4 N–H and O–H groups in total. The van der Waals surface area contributed by atoms with Gasteiger partial charge in [0.05, 0.1) is 25.4 Å². The smallest absolute Gasteiger partial charge is 0.472 e. The number of carboxylic acid groups (broad SMARTS) is 1. The zero-order chi connectivity index (χ0) is 46.1. The Labute approximate surface area is 378 Å². The standard InChI is InChI=1S/C50H78NO11P/c1-3-5-7-8-9-10-11-12-13-14-15-16-17-18-23-26-29-32-36-40-49(53)61-44(42-59-63(56,57)60-43-45(51)50(54)55)41-58-48(52)39-35-31-28-25-22-20-19-21-24-27-30-34-38-47-46(62-47)37-33-6-4-2/h6,9-10,12-13,15-16,18,20-24,28,30-31,33-34,44-47H,3-5,7-8,11,14,17,19,25-27,29,32,35-43,51H2,1-2H3,(H,54,55)(H,56,57)/b10-9-,13-12-,16-15-,22-20-,23-18-,24-21-,31-28-,33-6-,34-30-/t44-,45+,46?,47?/m1/s1. The Hall–Kier alpha value is -3.90. The molecule has 0 aromatic rings. The van der Waals surface area contributed by atoms with E-state index < -0.39 is 57.7 Å². The summed E-state index contributed by atoms with van der Waals surface area (Å²) < 4.78 is 38.3. The van der Waals surface area contributed by atoms with E-state index in [0.717, 1.165) is 83.5 Å². The highest BCUT2D eigenvalue weighted by Gasteiger charge is 2.36. The van der Waals surface area contributed by atoms with Gasteiger partial charge in [0.2, 0.25) is 0 Å². The molecule has 0 aromatic heterocycles. The average molecular weight is 900 g/mol. The molecule has 0 radical (unpaired) electrons. The number of epoxide rings is 1. The summed E-state index contributed by atoms with van der Waals surface area (Å²) in [5.74, 6) is -2.55. The number of phosphoric ester groups is 1. The van der Waals surface area contributed by atoms with E-state index in [1.165, 1.54) is 19.3 Å². The fourth-order valence-electron chi connectivity index (χ4n) is 5.70. The maximum Gasteiger partial charge on any atom is 0.472 e. The number of allylic oxidation sites excluding steroid dienone is 16. The molecule has 1 fully saturated rings. The van der Waals surface area contributed by atoms with E-state index in [0.29, 0.717) is 25.0 Å². The molecule has 5 atom stereocenters. The van der Waals surface area contributed by atoms with Crippen LogP contribution < -0.4 is 5.73 Å². The molecule has 13 heteroatoms. The molecule has 0 saturated carbocycles. The quantitative estimate of drug-likeness (QED) is 0.0174. The van der Waals surface area contributed by atoms with Crippen molar-refractivity contribution in [1.29, 1.82) is 0 Å². The van der Waals surface area contributed by atoms with Gasteiger partial charge in [-0.2, -0.15) is 0 Å². The van der Waals surface area contributed by atoms with E-state index in [1.54, 1.807) is 0 Å². The molecule has 0 bridgehead atoms. The second kappa shape index (κ2) is 39.7. The highest BCUT2D eigenvalue weighted by molar-refractivity contribution is 7.47. The zero-order valence-corrected chi connectivity index (χ0v) is 39.0. The van der Waals surface area contributed by atoms with E-state index in [1.807, 2.05) is 12.2 Å². The molecule has 12 nitrogen and oxygen atoms in total. The number of carboxylic acids is 1. The molecule has 354 valence electrons. The lowest BCUT2D eigenvalue weighted by molar-refractivity contribution is -0.161. The summed E-state index contributed by atoms with van der Waals surface area (Å²) in [6.45, 7) is 2.53. The van der Waals surface area contributed by atoms with Crippen molar-refractivity contribution in [3.8, 4) is 0 Å². The van der Waals surface area contributed by atoms with Gasteiger partial charge in [0.15, 0.2) is 6.10 Å². The topological polar surface area (TPSA) is 184 Å². The third kappa shape index (κ3) is 37.2. The number of nitrogens with two attached hydrogens (primary N) is 1.